The number of nitrogens with zero attached hydrogens (tertiary/aromatic N) is 3. The monoisotopic (exact) mass is 298 g/mol. The van der Waals surface area contributed by atoms with Gasteiger partial charge in [-0.25, -0.2) is 9.67 Å². The van der Waals surface area contributed by atoms with E-state index in [1.165, 1.54) is 0 Å². The van der Waals surface area contributed by atoms with Gasteiger partial charge < -0.3 is 10.5 Å². The average Bonchev–Trinajstić information content (AvgIpc) is 2.76. The van der Waals surface area contributed by atoms with Gasteiger partial charge in [0.05, 0.1) is 11.2 Å². The van der Waals surface area contributed by atoms with E-state index in [0.717, 1.165) is 22.2 Å². The summed E-state index contributed by atoms with van der Waals surface area (Å²) >= 11 is 5.12. The van der Waals surface area contributed by atoms with E-state index in [-0.39, 0.29) is 0 Å². The summed E-state index contributed by atoms with van der Waals surface area (Å²) < 4.78 is 7.46. The van der Waals surface area contributed by atoms with Gasteiger partial charge in [-0.15, -0.1) is 0 Å². The maximum Gasteiger partial charge on any atom is 0.222 e. The van der Waals surface area contributed by atoms with E-state index >= 15 is 0 Å². The highest BCUT2D eigenvalue weighted by Crippen LogP contribution is 2.26. The van der Waals surface area contributed by atoms with Gasteiger partial charge in [-0.1, -0.05) is 30.4 Å². The second kappa shape index (κ2) is 5.14. The number of hydrogen-bond acceptors (Lipinski definition) is 4. The van der Waals surface area contributed by atoms with Crippen molar-refractivity contribution in [1.82, 2.24) is 14.8 Å². The normalized spacial score (nSPS) is 10.8. The number of benzene rings is 1. The Morgan fingerprint density at radius 1 is 1.29 bits per heavy atom. The molecule has 0 spiro atoms. The van der Waals surface area contributed by atoms with E-state index in [1.54, 1.807) is 10.7 Å². The summed E-state index contributed by atoms with van der Waals surface area (Å²) in [5.41, 5.74) is 8.23. The highest BCUT2D eigenvalue weighted by molar-refractivity contribution is 7.80. The van der Waals surface area contributed by atoms with Crippen molar-refractivity contribution in [3.05, 3.63) is 47.7 Å². The van der Waals surface area contributed by atoms with Gasteiger partial charge in [-0.3, -0.25) is 0 Å². The molecule has 3 aromatic rings. The highest BCUT2D eigenvalue weighted by Gasteiger charge is 2.11. The van der Waals surface area contributed by atoms with E-state index in [2.05, 4.69) is 10.1 Å². The molecule has 21 heavy (non-hydrogen) atoms. The summed E-state index contributed by atoms with van der Waals surface area (Å²) in [5.74, 6) is 1.06. The van der Waals surface area contributed by atoms with Crippen molar-refractivity contribution in [2.75, 3.05) is 0 Å². The van der Waals surface area contributed by atoms with E-state index < -0.39 is 0 Å². The molecule has 0 aliphatic rings. The van der Waals surface area contributed by atoms with Crippen molar-refractivity contribution in [2.24, 2.45) is 12.8 Å². The van der Waals surface area contributed by atoms with Crippen LogP contribution >= 0.6 is 12.2 Å². The molecule has 0 atom stereocenters. The Morgan fingerprint density at radius 3 is 2.71 bits per heavy atom. The Morgan fingerprint density at radius 2 is 2.05 bits per heavy atom. The molecular weight excluding hydrogens is 284 g/mol. The summed E-state index contributed by atoms with van der Waals surface area (Å²) in [6.45, 7) is 1.90. The third-order valence-electron chi connectivity index (χ3n) is 3.13. The van der Waals surface area contributed by atoms with Crippen LogP contribution < -0.4 is 10.5 Å². The van der Waals surface area contributed by atoms with Gasteiger partial charge in [0.25, 0.3) is 0 Å². The number of nitrogens with two attached hydrogens (primary N) is 1. The molecule has 0 aliphatic heterocycles. The Labute approximate surface area is 127 Å². The molecule has 2 N–H and O–H groups in total. The second-order valence-corrected chi connectivity index (χ2v) is 5.18. The number of para-hydroxylation sites is 1. The predicted molar refractivity (Wildman–Crippen MR) is 85.6 cm³/mol. The van der Waals surface area contributed by atoms with Crippen LogP contribution in [0.2, 0.25) is 0 Å². The van der Waals surface area contributed by atoms with Gasteiger partial charge >= 0.3 is 0 Å². The molecule has 106 valence electrons. The lowest BCUT2D eigenvalue weighted by molar-refractivity contribution is 0.417. The maximum absolute atomic E-state index is 5.81. The molecule has 0 amide bonds. The quantitative estimate of drug-likeness (QED) is 0.753. The molecule has 1 aromatic carbocycles. The fourth-order valence-electron chi connectivity index (χ4n) is 2.20. The molecule has 5 nitrogen and oxygen atoms in total. The van der Waals surface area contributed by atoms with Crippen LogP contribution in [0.1, 0.15) is 11.3 Å². The summed E-state index contributed by atoms with van der Waals surface area (Å²) in [6, 6.07) is 11.3. The minimum atomic E-state index is 0.319. The van der Waals surface area contributed by atoms with Crippen molar-refractivity contribution < 1.29 is 4.74 Å². The molecule has 2 aromatic heterocycles. The average molecular weight is 298 g/mol. The third-order valence-corrected chi connectivity index (χ3v) is 3.35. The van der Waals surface area contributed by atoms with Crippen molar-refractivity contribution in [3.8, 4) is 11.8 Å². The molecule has 0 aliphatic carbocycles. The lowest BCUT2D eigenvalue weighted by atomic mass is 10.1. The standard InChI is InChI=1S/C15H14N4OS/c1-9-7-14(19(2)18-9)20-13-8-11(15(16)21)10-5-3-4-6-12(10)17-13/h3-8H,1-2H3,(H2,16,21). The number of rotatable bonds is 3. The molecule has 0 saturated heterocycles. The first-order chi connectivity index (χ1) is 10.0. The maximum atomic E-state index is 5.81. The molecule has 6 heteroatoms. The van der Waals surface area contributed by atoms with Crippen molar-refractivity contribution in [3.63, 3.8) is 0 Å². The second-order valence-electron chi connectivity index (χ2n) is 4.74. The van der Waals surface area contributed by atoms with E-state index in [1.807, 2.05) is 44.3 Å². The van der Waals surface area contributed by atoms with Crippen molar-refractivity contribution >= 4 is 28.1 Å². The smallest absolute Gasteiger partial charge is 0.222 e. The highest BCUT2D eigenvalue weighted by atomic mass is 32.1. The summed E-state index contributed by atoms with van der Waals surface area (Å²) in [7, 11) is 1.82. The summed E-state index contributed by atoms with van der Waals surface area (Å²) in [6.07, 6.45) is 0. The van der Waals surface area contributed by atoms with Crippen LogP contribution in [-0.2, 0) is 7.05 Å². The van der Waals surface area contributed by atoms with E-state index in [4.69, 9.17) is 22.7 Å². The molecule has 0 unspecified atom stereocenters. The number of ether oxygens (including phenoxy) is 1. The molecule has 0 fully saturated rings. The van der Waals surface area contributed by atoms with Gasteiger partial charge in [0.15, 0.2) is 0 Å². The van der Waals surface area contributed by atoms with Crippen molar-refractivity contribution in [1.29, 1.82) is 0 Å². The van der Waals surface area contributed by atoms with Gasteiger partial charge in [0, 0.05) is 30.1 Å². The number of hydrogen-bond donors (Lipinski definition) is 1. The van der Waals surface area contributed by atoms with Crippen LogP contribution in [0.15, 0.2) is 36.4 Å². The van der Waals surface area contributed by atoms with E-state index in [9.17, 15) is 0 Å². The third kappa shape index (κ3) is 2.57. The lowest BCUT2D eigenvalue weighted by Crippen LogP contribution is -2.10. The Hall–Kier alpha value is -2.47. The summed E-state index contributed by atoms with van der Waals surface area (Å²) in [4.78, 5) is 4.80. The van der Waals surface area contributed by atoms with Crippen LogP contribution in [0.3, 0.4) is 0 Å². The zero-order chi connectivity index (χ0) is 15.0. The first-order valence-corrected chi connectivity index (χ1v) is 6.83. The number of aryl methyl sites for hydroxylation is 2. The molecule has 2 heterocycles. The van der Waals surface area contributed by atoms with Crippen LogP contribution in [-0.4, -0.2) is 19.8 Å². The number of pyridine rings is 1. The fourth-order valence-corrected chi connectivity index (χ4v) is 2.37. The molecule has 0 bridgehead atoms. The predicted octanol–water partition coefficient (Wildman–Crippen LogP) is 2.70. The Bertz CT molecular complexity index is 841. The van der Waals surface area contributed by atoms with Gasteiger partial charge in [0.2, 0.25) is 11.8 Å². The van der Waals surface area contributed by atoms with E-state index in [0.29, 0.717) is 16.7 Å². The van der Waals surface area contributed by atoms with Gasteiger partial charge in [-0.05, 0) is 13.0 Å². The fraction of sp³-hybridized carbons (Fsp3) is 0.133. The molecule has 0 saturated carbocycles. The molecule has 3 rings (SSSR count). The van der Waals surface area contributed by atoms with Crippen molar-refractivity contribution in [2.45, 2.75) is 6.92 Å². The summed E-state index contributed by atoms with van der Waals surface area (Å²) in [5, 5.41) is 5.16. The van der Waals surface area contributed by atoms with Gasteiger partial charge in [-0.2, -0.15) is 5.10 Å². The number of fused-ring (bicyclic) bond motifs is 1. The minimum absolute atomic E-state index is 0.319. The largest absolute Gasteiger partial charge is 0.421 e. The molecular formula is C15H14N4OS. The number of thiocarbonyl (C=S) groups is 1. The zero-order valence-electron chi connectivity index (χ0n) is 11.7. The zero-order valence-corrected chi connectivity index (χ0v) is 12.5. The lowest BCUT2D eigenvalue weighted by Gasteiger charge is -2.09. The van der Waals surface area contributed by atoms with Crippen LogP contribution in [0.5, 0.6) is 11.8 Å². The van der Waals surface area contributed by atoms with Crippen LogP contribution in [0.25, 0.3) is 10.9 Å². The SMILES string of the molecule is Cc1cc(Oc2cc(C(N)=S)c3ccccc3n2)n(C)n1. The first kappa shape index (κ1) is 13.5. The Balaban J connectivity index is 2.11. The first-order valence-electron chi connectivity index (χ1n) is 6.42. The van der Waals surface area contributed by atoms with Crippen LogP contribution in [0.4, 0.5) is 0 Å². The minimum Gasteiger partial charge on any atom is -0.421 e. The number of aromatic nitrogens is 3. The molecule has 0 radical (unpaired) electrons. The topological polar surface area (TPSA) is 66.0 Å². The Kier molecular flexibility index (Phi) is 3.31. The van der Waals surface area contributed by atoms with Gasteiger partial charge in [0.1, 0.15) is 4.99 Å². The van der Waals surface area contributed by atoms with Crippen LogP contribution in [0, 0.1) is 6.92 Å².